The Hall–Kier alpha value is -1.57. The Bertz CT molecular complexity index is 730. The van der Waals surface area contributed by atoms with Crippen LogP contribution in [-0.2, 0) is 6.54 Å². The van der Waals surface area contributed by atoms with Crippen molar-refractivity contribution in [3.63, 3.8) is 0 Å². The van der Waals surface area contributed by atoms with Crippen LogP contribution in [-0.4, -0.2) is 34.7 Å². The molecule has 2 aromatic heterocycles. The van der Waals surface area contributed by atoms with Gasteiger partial charge < -0.3 is 0 Å². The van der Waals surface area contributed by atoms with Crippen LogP contribution in [0.25, 0.3) is 0 Å². The van der Waals surface area contributed by atoms with Crippen molar-refractivity contribution in [2.24, 2.45) is 5.92 Å². The molecule has 7 heteroatoms. The molecule has 0 atom stereocenters. The zero-order valence-corrected chi connectivity index (χ0v) is 15.5. The lowest BCUT2D eigenvalue weighted by Crippen LogP contribution is -2.32. The van der Waals surface area contributed by atoms with Gasteiger partial charge in [-0.3, -0.25) is 19.8 Å². The molecule has 5 nitrogen and oxygen atoms in total. The van der Waals surface area contributed by atoms with Gasteiger partial charge in [0, 0.05) is 11.9 Å². The quantitative estimate of drug-likeness (QED) is 0.819. The molecular weight excluding hydrogens is 342 g/mol. The number of hydrogen-bond donors (Lipinski definition) is 1. The molecule has 0 radical (unpaired) electrons. The van der Waals surface area contributed by atoms with E-state index >= 15 is 0 Å². The summed E-state index contributed by atoms with van der Waals surface area (Å²) in [6.07, 6.45) is 2.48. The van der Waals surface area contributed by atoms with Crippen molar-refractivity contribution in [3.8, 4) is 0 Å². The number of rotatable bonds is 5. The SMILES string of the molecule is CC(=O)c1ccc(C(=O)Nc2nc(CN3CCC(C)CC3)cs2)s1. The molecule has 1 N–H and O–H groups in total. The second-order valence-corrected chi connectivity index (χ2v) is 8.22. The van der Waals surface area contributed by atoms with E-state index in [1.54, 1.807) is 12.1 Å². The Labute approximate surface area is 149 Å². The van der Waals surface area contributed by atoms with Crippen molar-refractivity contribution in [3.05, 3.63) is 33.0 Å². The summed E-state index contributed by atoms with van der Waals surface area (Å²) in [5.41, 5.74) is 1.00. The molecule has 0 bridgehead atoms. The number of hydrogen-bond acceptors (Lipinski definition) is 6. The van der Waals surface area contributed by atoms with Gasteiger partial charge in [-0.05, 0) is 50.9 Å². The van der Waals surface area contributed by atoms with Crippen LogP contribution in [0.1, 0.15) is 51.7 Å². The average molecular weight is 364 g/mol. The van der Waals surface area contributed by atoms with Crippen LogP contribution in [0.15, 0.2) is 17.5 Å². The van der Waals surface area contributed by atoms with Gasteiger partial charge in [0.05, 0.1) is 15.4 Å². The van der Waals surface area contributed by atoms with E-state index in [9.17, 15) is 9.59 Å². The van der Waals surface area contributed by atoms with Crippen molar-refractivity contribution in [1.29, 1.82) is 0 Å². The van der Waals surface area contributed by atoms with Gasteiger partial charge in [0.1, 0.15) is 0 Å². The number of amides is 1. The summed E-state index contributed by atoms with van der Waals surface area (Å²) >= 11 is 2.65. The number of nitrogens with one attached hydrogen (secondary N) is 1. The van der Waals surface area contributed by atoms with E-state index in [4.69, 9.17) is 0 Å². The minimum absolute atomic E-state index is 0.0218. The van der Waals surface area contributed by atoms with Crippen LogP contribution in [0.4, 0.5) is 5.13 Å². The van der Waals surface area contributed by atoms with E-state index in [2.05, 4.69) is 22.1 Å². The number of carbonyl (C=O) groups is 2. The van der Waals surface area contributed by atoms with E-state index in [1.165, 1.54) is 42.4 Å². The fraction of sp³-hybridized carbons (Fsp3) is 0.471. The molecule has 0 unspecified atom stereocenters. The summed E-state index contributed by atoms with van der Waals surface area (Å²) in [5, 5.41) is 5.44. The van der Waals surface area contributed by atoms with Gasteiger partial charge in [0.25, 0.3) is 5.91 Å². The zero-order chi connectivity index (χ0) is 17.1. The molecule has 1 aliphatic rings. The van der Waals surface area contributed by atoms with Crippen LogP contribution >= 0.6 is 22.7 Å². The Morgan fingerprint density at radius 3 is 2.67 bits per heavy atom. The first kappa shape index (κ1) is 17.3. The van der Waals surface area contributed by atoms with Crippen LogP contribution in [0, 0.1) is 5.92 Å². The largest absolute Gasteiger partial charge is 0.297 e. The molecule has 3 heterocycles. The summed E-state index contributed by atoms with van der Waals surface area (Å²) in [4.78, 5) is 31.6. The minimum atomic E-state index is -0.208. The van der Waals surface area contributed by atoms with Crippen molar-refractivity contribution >= 4 is 39.5 Å². The number of thiophene rings is 1. The highest BCUT2D eigenvalue weighted by atomic mass is 32.1. The van der Waals surface area contributed by atoms with Gasteiger partial charge in [0.2, 0.25) is 0 Å². The number of piperidine rings is 1. The van der Waals surface area contributed by atoms with Crippen molar-refractivity contribution in [1.82, 2.24) is 9.88 Å². The third-order valence-corrected chi connectivity index (χ3v) is 6.20. The molecule has 2 aromatic rings. The molecule has 1 aliphatic heterocycles. The molecule has 0 aliphatic carbocycles. The molecule has 0 spiro atoms. The molecular formula is C17H21N3O2S2. The van der Waals surface area contributed by atoms with E-state index in [1.807, 2.05) is 5.38 Å². The Morgan fingerprint density at radius 1 is 1.29 bits per heavy atom. The molecule has 24 heavy (non-hydrogen) atoms. The van der Waals surface area contributed by atoms with Crippen LogP contribution in [0.2, 0.25) is 0 Å². The van der Waals surface area contributed by atoms with E-state index < -0.39 is 0 Å². The smallest absolute Gasteiger partial charge is 0.267 e. The van der Waals surface area contributed by atoms with Crippen molar-refractivity contribution in [2.45, 2.75) is 33.2 Å². The number of likely N-dealkylation sites (tertiary alicyclic amines) is 1. The van der Waals surface area contributed by atoms with Gasteiger partial charge in [-0.2, -0.15) is 0 Å². The van der Waals surface area contributed by atoms with Crippen molar-refractivity contribution < 1.29 is 9.59 Å². The summed E-state index contributed by atoms with van der Waals surface area (Å²) in [6, 6.07) is 3.37. The Kier molecular flexibility index (Phi) is 5.43. The maximum absolute atomic E-state index is 12.2. The fourth-order valence-electron chi connectivity index (χ4n) is 2.69. The third kappa shape index (κ3) is 4.28. The first-order valence-corrected chi connectivity index (χ1v) is 9.80. The number of thiazole rings is 1. The van der Waals surface area contributed by atoms with Gasteiger partial charge in [-0.1, -0.05) is 6.92 Å². The minimum Gasteiger partial charge on any atom is -0.297 e. The lowest BCUT2D eigenvalue weighted by atomic mass is 9.99. The molecule has 3 rings (SSSR count). The first-order valence-electron chi connectivity index (χ1n) is 8.10. The molecule has 128 valence electrons. The Balaban J connectivity index is 1.57. The molecule has 1 amide bonds. The van der Waals surface area contributed by atoms with Gasteiger partial charge in [0.15, 0.2) is 10.9 Å². The number of carbonyl (C=O) groups excluding carboxylic acids is 2. The predicted octanol–water partition coefficient (Wildman–Crippen LogP) is 3.89. The second-order valence-electron chi connectivity index (χ2n) is 6.28. The fourth-order valence-corrected chi connectivity index (χ4v) is 4.19. The van der Waals surface area contributed by atoms with Crippen LogP contribution in [0.5, 0.6) is 0 Å². The number of aromatic nitrogens is 1. The van der Waals surface area contributed by atoms with Crippen LogP contribution < -0.4 is 5.32 Å². The normalized spacial score (nSPS) is 16.2. The van der Waals surface area contributed by atoms with E-state index in [-0.39, 0.29) is 11.7 Å². The maximum atomic E-state index is 12.2. The maximum Gasteiger partial charge on any atom is 0.267 e. The monoisotopic (exact) mass is 363 g/mol. The highest BCUT2D eigenvalue weighted by Gasteiger charge is 2.17. The van der Waals surface area contributed by atoms with Gasteiger partial charge in [-0.15, -0.1) is 22.7 Å². The predicted molar refractivity (Wildman–Crippen MR) is 98.1 cm³/mol. The van der Waals surface area contributed by atoms with Crippen molar-refractivity contribution in [2.75, 3.05) is 18.4 Å². The number of anilines is 1. The summed E-state index contributed by atoms with van der Waals surface area (Å²) in [6.45, 7) is 6.87. The molecule has 1 fully saturated rings. The lowest BCUT2D eigenvalue weighted by molar-refractivity contribution is 0.101. The number of ketones is 1. The summed E-state index contributed by atoms with van der Waals surface area (Å²) in [7, 11) is 0. The third-order valence-electron chi connectivity index (χ3n) is 4.21. The van der Waals surface area contributed by atoms with E-state index in [0.29, 0.717) is 14.9 Å². The van der Waals surface area contributed by atoms with Gasteiger partial charge in [-0.25, -0.2) is 4.98 Å². The highest BCUT2D eigenvalue weighted by molar-refractivity contribution is 7.16. The zero-order valence-electron chi connectivity index (χ0n) is 13.9. The summed E-state index contributed by atoms with van der Waals surface area (Å²) < 4.78 is 0. The Morgan fingerprint density at radius 2 is 2.00 bits per heavy atom. The molecule has 0 aromatic carbocycles. The summed E-state index contributed by atoms with van der Waals surface area (Å²) in [5.74, 6) is 0.587. The topological polar surface area (TPSA) is 62.3 Å². The highest BCUT2D eigenvalue weighted by Crippen LogP contribution is 2.23. The molecule has 1 saturated heterocycles. The standard InChI is InChI=1S/C17H21N3O2S2/c1-11-5-7-20(8-6-11)9-13-10-23-17(18-13)19-16(22)15-4-3-14(24-15)12(2)21/h3-4,10-11H,5-9H2,1-2H3,(H,18,19,22). The number of nitrogens with zero attached hydrogens (tertiary/aromatic N) is 2. The average Bonchev–Trinajstić information content (AvgIpc) is 3.19. The first-order chi connectivity index (χ1) is 11.5. The van der Waals surface area contributed by atoms with E-state index in [0.717, 1.165) is 31.2 Å². The second kappa shape index (κ2) is 7.55. The number of Topliss-reactive ketones (excluding diaryl/α,β-unsaturated/α-hetero) is 1. The van der Waals surface area contributed by atoms with Gasteiger partial charge >= 0.3 is 0 Å². The molecule has 0 saturated carbocycles. The van der Waals surface area contributed by atoms with Crippen LogP contribution in [0.3, 0.4) is 0 Å². The lowest BCUT2D eigenvalue weighted by Gasteiger charge is -2.29.